The average Bonchev–Trinajstić information content (AvgIpc) is 2.39. The summed E-state index contributed by atoms with van der Waals surface area (Å²) in [6.45, 7) is 0.751. The van der Waals surface area contributed by atoms with Crippen molar-refractivity contribution in [2.24, 2.45) is 0 Å². The molecule has 1 heterocycles. The van der Waals surface area contributed by atoms with Crippen LogP contribution in [0, 0.1) is 5.82 Å². The number of ether oxygens (including phenoxy) is 1. The Hall–Kier alpha value is -0.690. The lowest BCUT2D eigenvalue weighted by Crippen LogP contribution is -2.46. The molecule has 1 saturated heterocycles. The maximum atomic E-state index is 13.1. The van der Waals surface area contributed by atoms with Crippen molar-refractivity contribution in [3.8, 4) is 0 Å². The van der Waals surface area contributed by atoms with Crippen molar-refractivity contribution in [2.45, 2.75) is 11.0 Å². The maximum absolute atomic E-state index is 13.1. The number of hydrogen-bond donors (Lipinski definition) is 0. The highest BCUT2D eigenvalue weighted by atomic mass is 35.5. The Kier molecular flexibility index (Phi) is 4.21. The lowest BCUT2D eigenvalue weighted by atomic mass is 10.3. The van der Waals surface area contributed by atoms with Crippen molar-refractivity contribution in [3.63, 3.8) is 0 Å². The Morgan fingerprint density at radius 3 is 2.94 bits per heavy atom. The predicted octanol–water partition coefficient (Wildman–Crippen LogP) is 1.45. The molecule has 1 aromatic rings. The van der Waals surface area contributed by atoms with E-state index in [2.05, 4.69) is 0 Å². The molecule has 1 aromatic carbocycles. The van der Waals surface area contributed by atoms with Crippen molar-refractivity contribution in [2.75, 3.05) is 25.6 Å². The number of alkyl halides is 1. The van der Waals surface area contributed by atoms with Gasteiger partial charge in [-0.05, 0) is 18.2 Å². The normalized spacial score (nSPS) is 22.0. The fourth-order valence-electron chi connectivity index (χ4n) is 1.78. The van der Waals surface area contributed by atoms with Crippen LogP contribution < -0.4 is 0 Å². The van der Waals surface area contributed by atoms with Gasteiger partial charge in [0.2, 0.25) is 10.0 Å². The average molecular weight is 294 g/mol. The number of sulfonamides is 1. The van der Waals surface area contributed by atoms with E-state index < -0.39 is 15.8 Å². The van der Waals surface area contributed by atoms with Crippen LogP contribution in [0.4, 0.5) is 4.39 Å². The van der Waals surface area contributed by atoms with Crippen LogP contribution in [0.3, 0.4) is 0 Å². The fourth-order valence-corrected chi connectivity index (χ4v) is 3.45. The van der Waals surface area contributed by atoms with Gasteiger partial charge in [0.1, 0.15) is 5.82 Å². The number of nitrogens with zero attached hydrogens (tertiary/aromatic N) is 1. The van der Waals surface area contributed by atoms with Crippen molar-refractivity contribution >= 4 is 21.6 Å². The van der Waals surface area contributed by atoms with Gasteiger partial charge in [-0.1, -0.05) is 6.07 Å². The molecular weight excluding hydrogens is 281 g/mol. The summed E-state index contributed by atoms with van der Waals surface area (Å²) in [6, 6.07) is 4.98. The van der Waals surface area contributed by atoms with Gasteiger partial charge in [-0.25, -0.2) is 12.8 Å². The summed E-state index contributed by atoms with van der Waals surface area (Å²) in [7, 11) is -3.67. The van der Waals surface area contributed by atoms with E-state index in [1.165, 1.54) is 22.5 Å². The molecule has 100 valence electrons. The van der Waals surface area contributed by atoms with Gasteiger partial charge in [0.15, 0.2) is 0 Å². The van der Waals surface area contributed by atoms with E-state index in [9.17, 15) is 12.8 Å². The summed E-state index contributed by atoms with van der Waals surface area (Å²) >= 11 is 5.66. The van der Waals surface area contributed by atoms with Gasteiger partial charge in [0, 0.05) is 19.0 Å². The Morgan fingerprint density at radius 2 is 2.28 bits per heavy atom. The van der Waals surface area contributed by atoms with Crippen LogP contribution in [-0.4, -0.2) is 44.4 Å². The molecule has 1 aliphatic heterocycles. The van der Waals surface area contributed by atoms with Crippen molar-refractivity contribution in [3.05, 3.63) is 30.1 Å². The van der Waals surface area contributed by atoms with Gasteiger partial charge in [0.05, 0.1) is 17.6 Å². The van der Waals surface area contributed by atoms with E-state index in [1.54, 1.807) is 0 Å². The zero-order valence-electron chi connectivity index (χ0n) is 9.55. The Labute approximate surface area is 110 Å². The highest BCUT2D eigenvalue weighted by Crippen LogP contribution is 2.19. The molecule has 1 atom stereocenters. The monoisotopic (exact) mass is 293 g/mol. The molecule has 0 aliphatic carbocycles. The van der Waals surface area contributed by atoms with Crippen LogP contribution in [0.5, 0.6) is 0 Å². The molecular formula is C11H13ClFNO3S. The quantitative estimate of drug-likeness (QED) is 0.793. The number of hydrogen-bond acceptors (Lipinski definition) is 3. The standard InChI is InChI=1S/C11H13ClFNO3S/c12-7-10-8-14(4-5-17-10)18(15,16)11-3-1-2-9(13)6-11/h1-3,6,10H,4-5,7-8H2. The van der Waals surface area contributed by atoms with Crippen LogP contribution in [-0.2, 0) is 14.8 Å². The first kappa shape index (κ1) is 13.7. The second kappa shape index (κ2) is 5.52. The van der Waals surface area contributed by atoms with Gasteiger partial charge in [-0.2, -0.15) is 4.31 Å². The van der Waals surface area contributed by atoms with Crippen LogP contribution >= 0.6 is 11.6 Å². The summed E-state index contributed by atoms with van der Waals surface area (Å²) in [5, 5.41) is 0. The minimum absolute atomic E-state index is 0.0438. The maximum Gasteiger partial charge on any atom is 0.243 e. The van der Waals surface area contributed by atoms with Crippen LogP contribution in [0.1, 0.15) is 0 Å². The van der Waals surface area contributed by atoms with Crippen LogP contribution in [0.25, 0.3) is 0 Å². The molecule has 0 radical (unpaired) electrons. The third-order valence-electron chi connectivity index (χ3n) is 2.71. The molecule has 1 aliphatic rings. The molecule has 0 saturated carbocycles. The first-order chi connectivity index (χ1) is 8.54. The highest BCUT2D eigenvalue weighted by Gasteiger charge is 2.30. The van der Waals surface area contributed by atoms with E-state index >= 15 is 0 Å². The fraction of sp³-hybridized carbons (Fsp3) is 0.455. The van der Waals surface area contributed by atoms with Crippen molar-refractivity contribution in [1.29, 1.82) is 0 Å². The minimum Gasteiger partial charge on any atom is -0.374 e. The number of halogens is 2. The summed E-state index contributed by atoms with van der Waals surface area (Å²) in [5.41, 5.74) is 0. The van der Waals surface area contributed by atoms with Crippen molar-refractivity contribution in [1.82, 2.24) is 4.31 Å². The topological polar surface area (TPSA) is 46.6 Å². The Balaban J connectivity index is 2.25. The van der Waals surface area contributed by atoms with E-state index in [4.69, 9.17) is 16.3 Å². The lowest BCUT2D eigenvalue weighted by Gasteiger charge is -2.31. The van der Waals surface area contributed by atoms with Gasteiger partial charge >= 0.3 is 0 Å². The third-order valence-corrected chi connectivity index (χ3v) is 4.91. The van der Waals surface area contributed by atoms with E-state index in [0.29, 0.717) is 6.61 Å². The second-order valence-electron chi connectivity index (χ2n) is 3.97. The summed E-state index contributed by atoms with van der Waals surface area (Å²) in [4.78, 5) is -0.0438. The second-order valence-corrected chi connectivity index (χ2v) is 6.21. The Bertz CT molecular complexity index is 523. The molecule has 1 fully saturated rings. The molecule has 0 amide bonds. The first-order valence-electron chi connectivity index (χ1n) is 5.47. The SMILES string of the molecule is O=S(=O)(c1cccc(F)c1)N1CCOC(CCl)C1. The highest BCUT2D eigenvalue weighted by molar-refractivity contribution is 7.89. The van der Waals surface area contributed by atoms with Crippen molar-refractivity contribution < 1.29 is 17.5 Å². The summed E-state index contributed by atoms with van der Waals surface area (Å²) < 4.78 is 44.2. The number of benzene rings is 1. The summed E-state index contributed by atoms with van der Waals surface area (Å²) in [5.74, 6) is -0.340. The lowest BCUT2D eigenvalue weighted by molar-refractivity contribution is 0.0122. The smallest absolute Gasteiger partial charge is 0.243 e. The number of morpholine rings is 1. The molecule has 0 spiro atoms. The molecule has 1 unspecified atom stereocenters. The predicted molar refractivity (Wildman–Crippen MR) is 65.6 cm³/mol. The van der Waals surface area contributed by atoms with Gasteiger partial charge < -0.3 is 4.74 Å². The Morgan fingerprint density at radius 1 is 1.50 bits per heavy atom. The van der Waals surface area contributed by atoms with Gasteiger partial charge in [0.25, 0.3) is 0 Å². The van der Waals surface area contributed by atoms with Crippen LogP contribution in [0.15, 0.2) is 29.2 Å². The molecule has 18 heavy (non-hydrogen) atoms. The molecule has 0 aromatic heterocycles. The molecule has 2 rings (SSSR count). The zero-order valence-corrected chi connectivity index (χ0v) is 11.1. The molecule has 7 heteroatoms. The largest absolute Gasteiger partial charge is 0.374 e. The van der Waals surface area contributed by atoms with Gasteiger partial charge in [-0.15, -0.1) is 11.6 Å². The van der Waals surface area contributed by atoms with E-state index in [0.717, 1.165) is 6.07 Å². The first-order valence-corrected chi connectivity index (χ1v) is 7.45. The third kappa shape index (κ3) is 2.83. The van der Waals surface area contributed by atoms with Gasteiger partial charge in [-0.3, -0.25) is 0 Å². The minimum atomic E-state index is -3.67. The molecule has 0 N–H and O–H groups in total. The number of rotatable bonds is 3. The van der Waals surface area contributed by atoms with E-state index in [1.807, 2.05) is 0 Å². The zero-order chi connectivity index (χ0) is 13.2. The molecule has 4 nitrogen and oxygen atoms in total. The van der Waals surface area contributed by atoms with Crippen LogP contribution in [0.2, 0.25) is 0 Å². The van der Waals surface area contributed by atoms with E-state index in [-0.39, 0.29) is 30.0 Å². The molecule has 0 bridgehead atoms. The summed E-state index contributed by atoms with van der Waals surface area (Å²) in [6.07, 6.45) is -0.316.